The fourth-order valence-corrected chi connectivity index (χ4v) is 2.35. The van der Waals surface area contributed by atoms with Crippen LogP contribution in [0.4, 0.5) is 4.39 Å². The van der Waals surface area contributed by atoms with Crippen molar-refractivity contribution in [2.24, 2.45) is 0 Å². The van der Waals surface area contributed by atoms with Crippen molar-refractivity contribution in [1.29, 1.82) is 0 Å². The number of rotatable bonds is 4. The topological polar surface area (TPSA) is 66.0 Å². The van der Waals surface area contributed by atoms with Crippen LogP contribution in [0, 0.1) is 5.82 Å². The number of nitrogens with one attached hydrogen (secondary N) is 1. The first kappa shape index (κ1) is 13.3. The molecule has 106 valence electrons. The van der Waals surface area contributed by atoms with Crippen LogP contribution in [-0.4, -0.2) is 21.0 Å². The van der Waals surface area contributed by atoms with E-state index in [4.69, 9.17) is 5.11 Å². The summed E-state index contributed by atoms with van der Waals surface area (Å²) in [4.78, 5) is 18.1. The highest BCUT2D eigenvalue weighted by Crippen LogP contribution is 2.19. The molecule has 0 unspecified atom stereocenters. The molecule has 0 aliphatic heterocycles. The molecule has 0 spiro atoms. The maximum absolute atomic E-state index is 12.9. The molecule has 1 aromatic carbocycles. The number of fused-ring (bicyclic) bond motifs is 1. The molecule has 3 aromatic rings. The van der Waals surface area contributed by atoms with Crippen molar-refractivity contribution in [2.75, 3.05) is 0 Å². The number of carboxylic acids is 1. The maximum Gasteiger partial charge on any atom is 0.354 e. The molecule has 2 heterocycles. The number of carbonyl (C=O) groups is 1. The second-order valence-corrected chi connectivity index (χ2v) is 4.84. The zero-order valence-corrected chi connectivity index (χ0v) is 11.1. The number of aromatic carboxylic acids is 1. The van der Waals surface area contributed by atoms with Gasteiger partial charge >= 0.3 is 5.97 Å². The van der Waals surface area contributed by atoms with Gasteiger partial charge in [-0.15, -0.1) is 0 Å². The number of aryl methyl sites for hydroxylation is 2. The molecule has 2 N–H and O–H groups in total. The monoisotopic (exact) mass is 284 g/mol. The fraction of sp³-hybridized carbons (Fsp3) is 0.125. The minimum absolute atomic E-state index is 0.0269. The highest BCUT2D eigenvalue weighted by Gasteiger charge is 2.11. The Bertz CT molecular complexity index is 794. The summed E-state index contributed by atoms with van der Waals surface area (Å²) in [6, 6.07) is 9.81. The van der Waals surface area contributed by atoms with E-state index in [2.05, 4.69) is 9.97 Å². The molecule has 0 radical (unpaired) electrons. The van der Waals surface area contributed by atoms with Crippen LogP contribution in [0.5, 0.6) is 0 Å². The van der Waals surface area contributed by atoms with Crippen LogP contribution in [0.15, 0.2) is 42.6 Å². The summed E-state index contributed by atoms with van der Waals surface area (Å²) in [7, 11) is 0. The fourth-order valence-electron chi connectivity index (χ4n) is 2.35. The number of carboxylic acid groups (broad SMARTS) is 1. The number of hydrogen-bond donors (Lipinski definition) is 2. The van der Waals surface area contributed by atoms with E-state index < -0.39 is 5.97 Å². The average Bonchev–Trinajstić information content (AvgIpc) is 2.94. The molecule has 0 saturated heterocycles. The number of benzene rings is 1. The third-order valence-electron chi connectivity index (χ3n) is 3.43. The van der Waals surface area contributed by atoms with Crippen LogP contribution in [0.25, 0.3) is 11.0 Å². The van der Waals surface area contributed by atoms with Gasteiger partial charge in [0.2, 0.25) is 0 Å². The van der Waals surface area contributed by atoms with Crippen LogP contribution in [0.2, 0.25) is 0 Å². The van der Waals surface area contributed by atoms with Crippen molar-refractivity contribution in [1.82, 2.24) is 9.97 Å². The van der Waals surface area contributed by atoms with Crippen LogP contribution in [-0.2, 0) is 12.8 Å². The summed E-state index contributed by atoms with van der Waals surface area (Å²) in [6.07, 6.45) is 3.12. The number of hydrogen-bond acceptors (Lipinski definition) is 2. The molecule has 0 atom stereocenters. The lowest BCUT2D eigenvalue weighted by molar-refractivity contribution is 0.0690. The molecule has 5 heteroatoms. The summed E-state index contributed by atoms with van der Waals surface area (Å²) < 4.78 is 12.9. The number of H-pyrrole nitrogens is 1. The summed E-state index contributed by atoms with van der Waals surface area (Å²) in [5.41, 5.74) is 2.53. The minimum Gasteiger partial charge on any atom is -0.477 e. The van der Waals surface area contributed by atoms with Crippen LogP contribution >= 0.6 is 0 Å². The lowest BCUT2D eigenvalue weighted by Crippen LogP contribution is -2.03. The summed E-state index contributed by atoms with van der Waals surface area (Å²) in [5, 5.41) is 10.0. The van der Waals surface area contributed by atoms with Gasteiger partial charge in [-0.05, 0) is 48.2 Å². The van der Waals surface area contributed by atoms with Gasteiger partial charge in [-0.1, -0.05) is 12.1 Å². The van der Waals surface area contributed by atoms with Crippen molar-refractivity contribution in [2.45, 2.75) is 12.8 Å². The second-order valence-electron chi connectivity index (χ2n) is 4.84. The number of halogens is 1. The Balaban J connectivity index is 1.90. The molecule has 21 heavy (non-hydrogen) atoms. The first-order valence-corrected chi connectivity index (χ1v) is 6.58. The molecule has 0 amide bonds. The molecule has 2 aromatic heterocycles. The molecule has 3 rings (SSSR count). The van der Waals surface area contributed by atoms with Gasteiger partial charge in [-0.2, -0.15) is 0 Å². The Morgan fingerprint density at radius 2 is 1.95 bits per heavy atom. The van der Waals surface area contributed by atoms with Crippen molar-refractivity contribution < 1.29 is 14.3 Å². The normalized spacial score (nSPS) is 10.9. The van der Waals surface area contributed by atoms with Gasteiger partial charge in [-0.3, -0.25) is 0 Å². The largest absolute Gasteiger partial charge is 0.477 e. The maximum atomic E-state index is 12.9. The number of aromatic nitrogens is 2. The highest BCUT2D eigenvalue weighted by atomic mass is 19.1. The van der Waals surface area contributed by atoms with E-state index in [9.17, 15) is 9.18 Å². The quantitative estimate of drug-likeness (QED) is 0.773. The van der Waals surface area contributed by atoms with Crippen molar-refractivity contribution >= 4 is 17.0 Å². The lowest BCUT2D eigenvalue weighted by Gasteiger charge is -2.05. The number of aromatic amines is 1. The lowest BCUT2D eigenvalue weighted by atomic mass is 10.0. The Labute approximate surface area is 120 Å². The van der Waals surface area contributed by atoms with E-state index in [1.165, 1.54) is 12.1 Å². The van der Waals surface area contributed by atoms with Crippen LogP contribution in [0.3, 0.4) is 0 Å². The van der Waals surface area contributed by atoms with E-state index in [0.29, 0.717) is 18.5 Å². The van der Waals surface area contributed by atoms with Gasteiger partial charge in [0.15, 0.2) is 5.69 Å². The predicted molar refractivity (Wildman–Crippen MR) is 76.9 cm³/mol. The Morgan fingerprint density at radius 1 is 1.19 bits per heavy atom. The summed E-state index contributed by atoms with van der Waals surface area (Å²) >= 11 is 0. The van der Waals surface area contributed by atoms with Gasteiger partial charge in [0.05, 0.1) is 0 Å². The summed E-state index contributed by atoms with van der Waals surface area (Å²) in [5.74, 6) is -1.31. The standard InChI is InChI=1S/C16H13FN2O2/c17-12-5-2-10(3-6-12)1-4-11-9-14(16(20)21)19-15-13(11)7-8-18-15/h2-3,5-9H,1,4H2,(H,18,19)(H,20,21). The Morgan fingerprint density at radius 3 is 2.67 bits per heavy atom. The van der Waals surface area contributed by atoms with E-state index in [1.807, 2.05) is 6.07 Å². The molecular weight excluding hydrogens is 271 g/mol. The van der Waals surface area contributed by atoms with Gasteiger partial charge in [0.1, 0.15) is 11.5 Å². The van der Waals surface area contributed by atoms with Crippen molar-refractivity contribution in [3.8, 4) is 0 Å². The van der Waals surface area contributed by atoms with Crippen molar-refractivity contribution in [3.05, 3.63) is 65.2 Å². The molecule has 4 nitrogen and oxygen atoms in total. The van der Waals surface area contributed by atoms with E-state index >= 15 is 0 Å². The van der Waals surface area contributed by atoms with E-state index in [0.717, 1.165) is 16.5 Å². The van der Waals surface area contributed by atoms with Crippen molar-refractivity contribution in [3.63, 3.8) is 0 Å². The average molecular weight is 284 g/mol. The smallest absolute Gasteiger partial charge is 0.354 e. The first-order valence-electron chi connectivity index (χ1n) is 6.58. The number of pyridine rings is 1. The van der Waals surface area contributed by atoms with Gasteiger partial charge < -0.3 is 10.1 Å². The minimum atomic E-state index is -1.05. The molecule has 0 saturated carbocycles. The van der Waals surface area contributed by atoms with Gasteiger partial charge in [0, 0.05) is 11.6 Å². The summed E-state index contributed by atoms with van der Waals surface area (Å²) in [6.45, 7) is 0. The molecular formula is C16H13FN2O2. The van der Waals surface area contributed by atoms with Gasteiger partial charge in [-0.25, -0.2) is 14.2 Å². The highest BCUT2D eigenvalue weighted by molar-refractivity contribution is 5.90. The zero-order chi connectivity index (χ0) is 14.8. The SMILES string of the molecule is O=C(O)c1cc(CCc2ccc(F)cc2)c2cc[nH]c2n1. The number of nitrogens with zero attached hydrogens (tertiary/aromatic N) is 1. The second kappa shape index (κ2) is 5.36. The molecule has 0 fully saturated rings. The first-order chi connectivity index (χ1) is 10.1. The third-order valence-corrected chi connectivity index (χ3v) is 3.43. The predicted octanol–water partition coefficient (Wildman–Crippen LogP) is 3.19. The van der Waals surface area contributed by atoms with Crippen LogP contribution in [0.1, 0.15) is 21.6 Å². The Hall–Kier alpha value is -2.69. The van der Waals surface area contributed by atoms with Gasteiger partial charge in [0.25, 0.3) is 0 Å². The molecule has 0 aliphatic carbocycles. The Kier molecular flexibility index (Phi) is 3.39. The van der Waals surface area contributed by atoms with E-state index in [1.54, 1.807) is 24.4 Å². The van der Waals surface area contributed by atoms with Crippen LogP contribution < -0.4 is 0 Å². The third kappa shape index (κ3) is 2.76. The molecule has 0 aliphatic rings. The molecule has 0 bridgehead atoms. The zero-order valence-electron chi connectivity index (χ0n) is 11.1. The van der Waals surface area contributed by atoms with E-state index in [-0.39, 0.29) is 11.5 Å².